The maximum absolute atomic E-state index is 13.4. The molecule has 0 unspecified atom stereocenters. The first-order valence-electron chi connectivity index (χ1n) is 7.26. The lowest BCUT2D eigenvalue weighted by molar-refractivity contribution is 0.628. The molecule has 0 atom stereocenters. The van der Waals surface area contributed by atoms with Gasteiger partial charge in [0.05, 0.1) is 5.02 Å². The zero-order valence-corrected chi connectivity index (χ0v) is 13.2. The zero-order chi connectivity index (χ0) is 16.7. The highest BCUT2D eigenvalue weighted by molar-refractivity contribution is 6.31. The van der Waals surface area contributed by atoms with Crippen molar-refractivity contribution in [3.05, 3.63) is 65.8 Å². The fourth-order valence-electron chi connectivity index (χ4n) is 2.64. The molecule has 1 aromatic carbocycles. The number of benzene rings is 1. The van der Waals surface area contributed by atoms with Gasteiger partial charge in [0.15, 0.2) is 0 Å². The maximum atomic E-state index is 13.4. The van der Waals surface area contributed by atoms with Crippen molar-refractivity contribution in [2.75, 3.05) is 5.73 Å². The van der Waals surface area contributed by atoms with Crippen LogP contribution in [0.4, 0.5) is 10.2 Å². The number of pyridine rings is 2. The molecule has 4 aromatic rings. The van der Waals surface area contributed by atoms with Crippen molar-refractivity contribution < 1.29 is 4.39 Å². The van der Waals surface area contributed by atoms with Crippen LogP contribution in [-0.2, 0) is 0 Å². The quantitative estimate of drug-likeness (QED) is 0.558. The fourth-order valence-corrected chi connectivity index (χ4v) is 2.82. The Hall–Kier alpha value is -2.92. The second kappa shape index (κ2) is 5.62. The molecule has 0 aliphatic rings. The lowest BCUT2D eigenvalue weighted by atomic mass is 10.0. The van der Waals surface area contributed by atoms with E-state index in [1.54, 1.807) is 30.6 Å². The van der Waals surface area contributed by atoms with Gasteiger partial charge in [-0.15, -0.1) is 0 Å². The van der Waals surface area contributed by atoms with Gasteiger partial charge in [-0.1, -0.05) is 17.7 Å². The van der Waals surface area contributed by atoms with Gasteiger partial charge in [-0.3, -0.25) is 0 Å². The van der Waals surface area contributed by atoms with Gasteiger partial charge in [-0.2, -0.15) is 0 Å². The van der Waals surface area contributed by atoms with E-state index in [1.165, 1.54) is 6.07 Å². The third-order valence-electron chi connectivity index (χ3n) is 3.88. The van der Waals surface area contributed by atoms with Crippen LogP contribution < -0.4 is 5.73 Å². The monoisotopic (exact) mass is 338 g/mol. The summed E-state index contributed by atoms with van der Waals surface area (Å²) < 4.78 is 13.4. The standard InChI is InChI=1S/C18H12ClFN4/c19-15-6-10(1-3-16(15)20)14-9-24-18-13(14)5-12(8-23-18)11-2-4-17(21)22-7-11/h1-9H,(H2,21,22)(H,23,24). The molecule has 0 aliphatic carbocycles. The second-order valence-electron chi connectivity index (χ2n) is 5.42. The van der Waals surface area contributed by atoms with Crippen LogP contribution >= 0.6 is 11.6 Å². The number of hydrogen-bond acceptors (Lipinski definition) is 3. The van der Waals surface area contributed by atoms with E-state index in [-0.39, 0.29) is 5.02 Å². The van der Waals surface area contributed by atoms with Crippen molar-refractivity contribution in [2.45, 2.75) is 0 Å². The summed E-state index contributed by atoms with van der Waals surface area (Å²) in [5.74, 6) is 0.0306. The van der Waals surface area contributed by atoms with Gasteiger partial charge in [0.2, 0.25) is 0 Å². The highest BCUT2D eigenvalue weighted by Crippen LogP contribution is 2.32. The molecule has 118 valence electrons. The van der Waals surface area contributed by atoms with Crippen LogP contribution in [0.25, 0.3) is 33.3 Å². The lowest BCUT2D eigenvalue weighted by Gasteiger charge is -2.04. The van der Waals surface area contributed by atoms with Crippen LogP contribution in [0.3, 0.4) is 0 Å². The predicted molar refractivity (Wildman–Crippen MR) is 94.1 cm³/mol. The second-order valence-corrected chi connectivity index (χ2v) is 5.83. The molecule has 0 aliphatic heterocycles. The maximum Gasteiger partial charge on any atom is 0.141 e. The van der Waals surface area contributed by atoms with Gasteiger partial charge in [-0.05, 0) is 35.9 Å². The molecule has 0 bridgehead atoms. The largest absolute Gasteiger partial charge is 0.384 e. The van der Waals surface area contributed by atoms with Crippen LogP contribution in [0.5, 0.6) is 0 Å². The summed E-state index contributed by atoms with van der Waals surface area (Å²) in [6.45, 7) is 0. The Morgan fingerprint density at radius 2 is 1.75 bits per heavy atom. The number of aromatic amines is 1. The Labute approximate surface area is 142 Å². The Kier molecular flexibility index (Phi) is 3.43. The van der Waals surface area contributed by atoms with Gasteiger partial charge in [-0.25, -0.2) is 14.4 Å². The Morgan fingerprint density at radius 1 is 0.958 bits per heavy atom. The van der Waals surface area contributed by atoms with E-state index < -0.39 is 5.82 Å². The Morgan fingerprint density at radius 3 is 2.50 bits per heavy atom. The number of rotatable bonds is 2. The molecule has 3 N–H and O–H groups in total. The highest BCUT2D eigenvalue weighted by atomic mass is 35.5. The van der Waals surface area contributed by atoms with Gasteiger partial charge in [0.1, 0.15) is 17.3 Å². The number of nitrogens with zero attached hydrogens (tertiary/aromatic N) is 2. The van der Waals surface area contributed by atoms with Crippen LogP contribution in [0.15, 0.2) is 55.0 Å². The van der Waals surface area contributed by atoms with E-state index in [2.05, 4.69) is 15.0 Å². The normalized spacial score (nSPS) is 11.1. The van der Waals surface area contributed by atoms with E-state index >= 15 is 0 Å². The molecular weight excluding hydrogens is 327 g/mol. The van der Waals surface area contributed by atoms with E-state index in [0.29, 0.717) is 5.82 Å². The molecule has 3 heterocycles. The number of halogens is 2. The molecule has 0 amide bonds. The van der Waals surface area contributed by atoms with E-state index in [9.17, 15) is 4.39 Å². The highest BCUT2D eigenvalue weighted by Gasteiger charge is 2.11. The minimum atomic E-state index is -0.438. The Balaban J connectivity index is 1.87. The third kappa shape index (κ3) is 2.49. The fraction of sp³-hybridized carbons (Fsp3) is 0. The summed E-state index contributed by atoms with van der Waals surface area (Å²) in [5, 5.41) is 1.01. The number of nitrogens with one attached hydrogen (secondary N) is 1. The average molecular weight is 339 g/mol. The molecule has 0 fully saturated rings. The van der Waals surface area contributed by atoms with Crippen LogP contribution in [0.1, 0.15) is 0 Å². The number of anilines is 1. The van der Waals surface area contributed by atoms with Gasteiger partial charge < -0.3 is 10.7 Å². The molecule has 0 radical (unpaired) electrons. The number of hydrogen-bond donors (Lipinski definition) is 2. The first kappa shape index (κ1) is 14.7. The van der Waals surface area contributed by atoms with Crippen LogP contribution in [0, 0.1) is 5.82 Å². The summed E-state index contributed by atoms with van der Waals surface area (Å²) in [7, 11) is 0. The molecule has 0 saturated heterocycles. The van der Waals surface area contributed by atoms with Crippen molar-refractivity contribution >= 4 is 28.5 Å². The molecule has 24 heavy (non-hydrogen) atoms. The van der Waals surface area contributed by atoms with E-state index in [0.717, 1.165) is 33.3 Å². The molecule has 3 aromatic heterocycles. The van der Waals surface area contributed by atoms with Crippen molar-refractivity contribution in [1.29, 1.82) is 0 Å². The van der Waals surface area contributed by atoms with E-state index in [4.69, 9.17) is 17.3 Å². The summed E-state index contributed by atoms with van der Waals surface area (Å²) >= 11 is 5.90. The van der Waals surface area contributed by atoms with Crippen molar-refractivity contribution in [3.63, 3.8) is 0 Å². The lowest BCUT2D eigenvalue weighted by Crippen LogP contribution is -1.89. The minimum Gasteiger partial charge on any atom is -0.384 e. The number of H-pyrrole nitrogens is 1. The summed E-state index contributed by atoms with van der Waals surface area (Å²) in [4.78, 5) is 11.7. The molecule has 4 rings (SSSR count). The topological polar surface area (TPSA) is 67.6 Å². The number of aromatic nitrogens is 3. The number of nitrogen functional groups attached to an aromatic ring is 1. The van der Waals surface area contributed by atoms with Crippen LogP contribution in [-0.4, -0.2) is 15.0 Å². The molecule has 6 heteroatoms. The average Bonchev–Trinajstić information content (AvgIpc) is 3.01. The molecule has 0 spiro atoms. The van der Waals surface area contributed by atoms with Crippen molar-refractivity contribution in [1.82, 2.24) is 15.0 Å². The van der Waals surface area contributed by atoms with Gasteiger partial charge in [0.25, 0.3) is 0 Å². The number of fused-ring (bicyclic) bond motifs is 1. The summed E-state index contributed by atoms with van der Waals surface area (Å²) in [6, 6.07) is 10.3. The van der Waals surface area contributed by atoms with Crippen molar-refractivity contribution in [2.24, 2.45) is 0 Å². The minimum absolute atomic E-state index is 0.0914. The first-order valence-corrected chi connectivity index (χ1v) is 7.64. The zero-order valence-electron chi connectivity index (χ0n) is 12.4. The first-order chi connectivity index (χ1) is 11.6. The SMILES string of the molecule is Nc1ccc(-c2cnc3[nH]cc(-c4ccc(F)c(Cl)c4)c3c2)cn1. The number of nitrogens with two attached hydrogens (primary N) is 1. The molecule has 0 saturated carbocycles. The smallest absolute Gasteiger partial charge is 0.141 e. The van der Waals surface area contributed by atoms with Crippen molar-refractivity contribution in [3.8, 4) is 22.3 Å². The summed E-state index contributed by atoms with van der Waals surface area (Å²) in [6.07, 6.45) is 5.32. The van der Waals surface area contributed by atoms with Gasteiger partial charge >= 0.3 is 0 Å². The Bertz CT molecular complexity index is 1040. The summed E-state index contributed by atoms with van der Waals surface area (Å²) in [5.41, 5.74) is 9.95. The predicted octanol–water partition coefficient (Wildman–Crippen LogP) is 4.67. The molecular formula is C18H12ClFN4. The third-order valence-corrected chi connectivity index (χ3v) is 4.17. The van der Waals surface area contributed by atoms with E-state index in [1.807, 2.05) is 18.3 Å². The van der Waals surface area contributed by atoms with Crippen LogP contribution in [0.2, 0.25) is 5.02 Å². The molecule has 4 nitrogen and oxygen atoms in total. The van der Waals surface area contributed by atoms with Gasteiger partial charge in [0, 0.05) is 40.7 Å².